The Morgan fingerprint density at radius 1 is 0.812 bits per heavy atom. The number of thiol groups is 1. The van der Waals surface area contributed by atoms with Gasteiger partial charge < -0.3 is 31.9 Å². The van der Waals surface area contributed by atoms with Crippen molar-refractivity contribution in [2.45, 2.75) is 49.9 Å². The van der Waals surface area contributed by atoms with Crippen LogP contribution in [-0.4, -0.2) is 93.8 Å². The summed E-state index contributed by atoms with van der Waals surface area (Å²) in [7, 11) is 0. The van der Waals surface area contributed by atoms with Crippen molar-refractivity contribution in [3.8, 4) is 0 Å². The Morgan fingerprint density at radius 3 is 1.75 bits per heavy atom. The van der Waals surface area contributed by atoms with E-state index < -0.39 is 53.8 Å². The molecular formula is C18H32N4O7S3. The molecular weight excluding hydrogens is 480 g/mol. The number of carbonyl (C=O) groups is 5. The lowest BCUT2D eigenvalue weighted by Gasteiger charge is -2.24. The predicted molar refractivity (Wildman–Crippen MR) is 128 cm³/mol. The fourth-order valence-electron chi connectivity index (χ4n) is 2.43. The van der Waals surface area contributed by atoms with Crippen molar-refractivity contribution in [2.75, 3.05) is 29.8 Å². The topological polar surface area (TPSA) is 188 Å². The van der Waals surface area contributed by atoms with Crippen LogP contribution in [-0.2, 0) is 24.0 Å². The maximum absolute atomic E-state index is 12.7. The predicted octanol–water partition coefficient (Wildman–Crippen LogP) is -0.846. The molecule has 0 aliphatic heterocycles. The standard InChI is InChI=1S/C18H32N4O7S3/c1-31-7-5-11(16(26)21-12(18(28)29)6-8-32-2)20-17(27)13(9-30)22-15(25)10(19)3-4-14(23)24/h10-13,30H,3-9,19H2,1-2H3,(H,20,27)(H,21,26)(H,22,25)(H,23,24)(H,28,29). The van der Waals surface area contributed by atoms with Gasteiger partial charge in [0.25, 0.3) is 0 Å². The van der Waals surface area contributed by atoms with Gasteiger partial charge in [-0.15, -0.1) is 0 Å². The van der Waals surface area contributed by atoms with Gasteiger partial charge >= 0.3 is 11.9 Å². The lowest BCUT2D eigenvalue weighted by Crippen LogP contribution is -2.57. The highest BCUT2D eigenvalue weighted by molar-refractivity contribution is 7.98. The van der Waals surface area contributed by atoms with Crippen LogP contribution >= 0.6 is 36.2 Å². The van der Waals surface area contributed by atoms with E-state index in [9.17, 15) is 29.1 Å². The van der Waals surface area contributed by atoms with Gasteiger partial charge in [0, 0.05) is 12.2 Å². The molecule has 0 heterocycles. The monoisotopic (exact) mass is 512 g/mol. The van der Waals surface area contributed by atoms with Crippen LogP contribution in [0.2, 0.25) is 0 Å². The molecule has 14 heteroatoms. The molecule has 0 fully saturated rings. The summed E-state index contributed by atoms with van der Waals surface area (Å²) < 4.78 is 0. The third-order valence-corrected chi connectivity index (χ3v) is 5.94. The Hall–Kier alpha value is -1.64. The van der Waals surface area contributed by atoms with E-state index in [1.807, 2.05) is 12.5 Å². The van der Waals surface area contributed by atoms with Gasteiger partial charge in [0.2, 0.25) is 17.7 Å². The lowest BCUT2D eigenvalue weighted by molar-refractivity contribution is -0.142. The zero-order chi connectivity index (χ0) is 24.7. The Bertz CT molecular complexity index is 654. The molecule has 3 amide bonds. The number of carboxylic acids is 2. The van der Waals surface area contributed by atoms with Crippen LogP contribution in [0, 0.1) is 0 Å². The Morgan fingerprint density at radius 2 is 1.28 bits per heavy atom. The second kappa shape index (κ2) is 16.9. The summed E-state index contributed by atoms with van der Waals surface area (Å²) in [5.74, 6) is -3.33. The first-order chi connectivity index (χ1) is 15.1. The van der Waals surface area contributed by atoms with Gasteiger partial charge in [0.15, 0.2) is 0 Å². The Kier molecular flexibility index (Phi) is 16.1. The van der Waals surface area contributed by atoms with E-state index in [2.05, 4.69) is 28.6 Å². The van der Waals surface area contributed by atoms with Gasteiger partial charge in [-0.3, -0.25) is 19.2 Å². The minimum atomic E-state index is -1.17. The van der Waals surface area contributed by atoms with Crippen LogP contribution in [0.3, 0.4) is 0 Å². The minimum absolute atomic E-state index is 0.0917. The molecule has 32 heavy (non-hydrogen) atoms. The van der Waals surface area contributed by atoms with Crippen molar-refractivity contribution >= 4 is 65.8 Å². The van der Waals surface area contributed by atoms with Crippen molar-refractivity contribution in [3.05, 3.63) is 0 Å². The van der Waals surface area contributed by atoms with E-state index in [0.29, 0.717) is 11.5 Å². The number of amides is 3. The van der Waals surface area contributed by atoms with Gasteiger partial charge in [-0.25, -0.2) is 4.79 Å². The van der Waals surface area contributed by atoms with E-state index >= 15 is 0 Å². The molecule has 4 atom stereocenters. The second-order valence-electron chi connectivity index (χ2n) is 6.81. The van der Waals surface area contributed by atoms with Crippen molar-refractivity contribution in [2.24, 2.45) is 5.73 Å². The smallest absolute Gasteiger partial charge is 0.326 e. The summed E-state index contributed by atoms with van der Waals surface area (Å²) in [5, 5.41) is 25.4. The fraction of sp³-hybridized carbons (Fsp3) is 0.722. The lowest BCUT2D eigenvalue weighted by atomic mass is 10.1. The Labute approximate surface area is 201 Å². The first-order valence-electron chi connectivity index (χ1n) is 9.77. The molecule has 0 saturated carbocycles. The summed E-state index contributed by atoms with van der Waals surface area (Å²) in [5.41, 5.74) is 5.65. The number of hydrogen-bond donors (Lipinski definition) is 7. The molecule has 0 saturated heterocycles. The molecule has 0 spiro atoms. The van der Waals surface area contributed by atoms with Crippen molar-refractivity contribution < 1.29 is 34.2 Å². The number of thioether (sulfide) groups is 2. The number of nitrogens with two attached hydrogens (primary N) is 1. The van der Waals surface area contributed by atoms with Gasteiger partial charge in [-0.1, -0.05) is 0 Å². The first-order valence-corrected chi connectivity index (χ1v) is 13.2. The maximum atomic E-state index is 12.7. The normalized spacial score (nSPS) is 14.5. The second-order valence-corrected chi connectivity index (χ2v) is 9.14. The highest BCUT2D eigenvalue weighted by Gasteiger charge is 2.29. The number of carbonyl (C=O) groups excluding carboxylic acids is 3. The summed E-state index contributed by atoms with van der Waals surface area (Å²) in [6, 6.07) is -4.33. The number of aliphatic carboxylic acids is 2. The molecule has 0 rings (SSSR count). The third kappa shape index (κ3) is 12.4. The van der Waals surface area contributed by atoms with Crippen LogP contribution in [0.4, 0.5) is 0 Å². The molecule has 0 aromatic heterocycles. The van der Waals surface area contributed by atoms with E-state index in [1.165, 1.54) is 23.5 Å². The zero-order valence-corrected chi connectivity index (χ0v) is 20.6. The van der Waals surface area contributed by atoms with Crippen molar-refractivity contribution in [1.82, 2.24) is 16.0 Å². The quantitative estimate of drug-likeness (QED) is 0.121. The van der Waals surface area contributed by atoms with Gasteiger partial charge in [0.1, 0.15) is 18.1 Å². The van der Waals surface area contributed by atoms with Gasteiger partial charge in [0.05, 0.1) is 6.04 Å². The number of nitrogens with one attached hydrogen (secondary N) is 3. The fourth-order valence-corrected chi connectivity index (χ4v) is 3.63. The number of carboxylic acid groups (broad SMARTS) is 2. The maximum Gasteiger partial charge on any atom is 0.326 e. The van der Waals surface area contributed by atoms with Crippen molar-refractivity contribution in [3.63, 3.8) is 0 Å². The van der Waals surface area contributed by atoms with Crippen LogP contribution < -0.4 is 21.7 Å². The van der Waals surface area contributed by atoms with E-state index in [1.54, 1.807) is 0 Å². The highest BCUT2D eigenvalue weighted by Crippen LogP contribution is 2.06. The summed E-state index contributed by atoms with van der Waals surface area (Å²) in [6.45, 7) is 0. The van der Waals surface area contributed by atoms with Crippen LogP contribution in [0.1, 0.15) is 25.7 Å². The highest BCUT2D eigenvalue weighted by atomic mass is 32.2. The largest absolute Gasteiger partial charge is 0.481 e. The van der Waals surface area contributed by atoms with Gasteiger partial charge in [-0.2, -0.15) is 36.2 Å². The van der Waals surface area contributed by atoms with E-state index in [0.717, 1.165) is 0 Å². The van der Waals surface area contributed by atoms with Crippen LogP contribution in [0.15, 0.2) is 0 Å². The number of rotatable bonds is 17. The van der Waals surface area contributed by atoms with Crippen molar-refractivity contribution in [1.29, 1.82) is 0 Å². The summed E-state index contributed by atoms with van der Waals surface area (Å²) in [6.07, 6.45) is 3.72. The number of hydrogen-bond acceptors (Lipinski definition) is 9. The van der Waals surface area contributed by atoms with Crippen LogP contribution in [0.5, 0.6) is 0 Å². The molecule has 4 unspecified atom stereocenters. The van der Waals surface area contributed by atoms with E-state index in [-0.39, 0.29) is 31.4 Å². The SMILES string of the molecule is CSCCC(NC(=O)C(CCSC)NC(=O)C(CS)NC(=O)C(N)CCC(=O)O)C(=O)O. The average molecular weight is 513 g/mol. The molecule has 11 nitrogen and oxygen atoms in total. The zero-order valence-electron chi connectivity index (χ0n) is 18.0. The molecule has 0 aromatic rings. The van der Waals surface area contributed by atoms with Crippen LogP contribution in [0.25, 0.3) is 0 Å². The molecule has 0 bridgehead atoms. The minimum Gasteiger partial charge on any atom is -0.481 e. The molecule has 0 radical (unpaired) electrons. The summed E-state index contributed by atoms with van der Waals surface area (Å²) in [4.78, 5) is 59.5. The van der Waals surface area contributed by atoms with Gasteiger partial charge in [-0.05, 0) is 43.3 Å². The molecule has 0 aliphatic rings. The first kappa shape index (κ1) is 30.4. The molecule has 7 N–H and O–H groups in total. The van der Waals surface area contributed by atoms with E-state index in [4.69, 9.17) is 10.8 Å². The Balaban J connectivity index is 5.14. The molecule has 0 aromatic carbocycles. The average Bonchev–Trinajstić information content (AvgIpc) is 2.74. The summed E-state index contributed by atoms with van der Waals surface area (Å²) >= 11 is 6.95. The molecule has 184 valence electrons. The third-order valence-electron chi connectivity index (χ3n) is 4.29. The molecule has 0 aliphatic carbocycles.